The lowest BCUT2D eigenvalue weighted by atomic mass is 10.0. The minimum absolute atomic E-state index is 0.108. The number of hydrogen-bond acceptors (Lipinski definition) is 3. The second-order valence-corrected chi connectivity index (χ2v) is 3.45. The number of carbonyl (C=O) groups excluding carboxylic acids is 1. The Morgan fingerprint density at radius 2 is 2.07 bits per heavy atom. The van der Waals surface area contributed by atoms with Crippen LogP contribution in [0.25, 0.3) is 0 Å². The van der Waals surface area contributed by atoms with Crippen molar-refractivity contribution in [3.8, 4) is 0 Å². The van der Waals surface area contributed by atoms with Crippen LogP contribution in [0.1, 0.15) is 27.2 Å². The molecule has 2 rings (SSSR count). The highest BCUT2D eigenvalue weighted by molar-refractivity contribution is 6.08. The van der Waals surface area contributed by atoms with E-state index in [0.717, 1.165) is 11.1 Å². The third-order valence-electron chi connectivity index (χ3n) is 2.35. The van der Waals surface area contributed by atoms with E-state index in [1.165, 1.54) is 6.26 Å². The maximum atomic E-state index is 12.0. The molecule has 0 saturated carbocycles. The quantitative estimate of drug-likeness (QED) is 0.701. The minimum Gasteiger partial charge on any atom is -0.461 e. The number of pyridine rings is 1. The Kier molecular flexibility index (Phi) is 2.37. The molecule has 0 unspecified atom stereocenters. The van der Waals surface area contributed by atoms with Crippen LogP contribution in [0.3, 0.4) is 0 Å². The van der Waals surface area contributed by atoms with Crippen LogP contribution in [0, 0.1) is 13.8 Å². The first-order valence-electron chi connectivity index (χ1n) is 4.69. The van der Waals surface area contributed by atoms with Gasteiger partial charge >= 0.3 is 0 Å². The Bertz CT molecular complexity index is 500. The molecule has 2 aromatic heterocycles. The monoisotopic (exact) mass is 201 g/mol. The standard InChI is InChI=1S/C12H11NO2/c1-8-3-5-13-7-10(8)11(14)12-9(2)4-6-15-12/h3-7H,1-2H3. The number of rotatable bonds is 2. The van der Waals surface area contributed by atoms with Crippen molar-refractivity contribution < 1.29 is 9.21 Å². The van der Waals surface area contributed by atoms with Crippen molar-refractivity contribution in [3.05, 3.63) is 53.2 Å². The fraction of sp³-hybridized carbons (Fsp3) is 0.167. The molecule has 0 bridgehead atoms. The molecule has 0 aliphatic carbocycles. The van der Waals surface area contributed by atoms with Gasteiger partial charge in [0.15, 0.2) is 5.76 Å². The first-order valence-corrected chi connectivity index (χ1v) is 4.69. The molecule has 0 fully saturated rings. The third kappa shape index (κ3) is 1.68. The van der Waals surface area contributed by atoms with Gasteiger partial charge in [0.05, 0.1) is 6.26 Å². The summed E-state index contributed by atoms with van der Waals surface area (Å²) >= 11 is 0. The van der Waals surface area contributed by atoms with Gasteiger partial charge in [-0.2, -0.15) is 0 Å². The zero-order valence-corrected chi connectivity index (χ0v) is 8.65. The van der Waals surface area contributed by atoms with Crippen LogP contribution in [0.15, 0.2) is 35.2 Å². The molecular weight excluding hydrogens is 190 g/mol. The van der Waals surface area contributed by atoms with E-state index < -0.39 is 0 Å². The summed E-state index contributed by atoms with van der Waals surface area (Å²) in [6.07, 6.45) is 4.76. The Hall–Kier alpha value is -1.90. The predicted molar refractivity (Wildman–Crippen MR) is 55.9 cm³/mol. The topological polar surface area (TPSA) is 43.1 Å². The van der Waals surface area contributed by atoms with Crippen molar-refractivity contribution in [2.24, 2.45) is 0 Å². The summed E-state index contributed by atoms with van der Waals surface area (Å²) in [7, 11) is 0. The summed E-state index contributed by atoms with van der Waals surface area (Å²) in [6.45, 7) is 3.73. The van der Waals surface area contributed by atoms with Crippen molar-refractivity contribution in [2.45, 2.75) is 13.8 Å². The second kappa shape index (κ2) is 3.69. The van der Waals surface area contributed by atoms with Gasteiger partial charge < -0.3 is 4.42 Å². The van der Waals surface area contributed by atoms with Crippen molar-refractivity contribution in [1.82, 2.24) is 4.98 Å². The molecule has 2 aromatic rings. The van der Waals surface area contributed by atoms with Crippen molar-refractivity contribution >= 4 is 5.78 Å². The molecule has 0 N–H and O–H groups in total. The molecule has 0 aromatic carbocycles. The van der Waals surface area contributed by atoms with Crippen molar-refractivity contribution in [2.75, 3.05) is 0 Å². The molecule has 3 heteroatoms. The van der Waals surface area contributed by atoms with E-state index in [-0.39, 0.29) is 5.78 Å². The zero-order chi connectivity index (χ0) is 10.8. The minimum atomic E-state index is -0.108. The molecule has 0 radical (unpaired) electrons. The number of nitrogens with zero attached hydrogens (tertiary/aromatic N) is 1. The average Bonchev–Trinajstić information content (AvgIpc) is 2.64. The van der Waals surface area contributed by atoms with E-state index in [0.29, 0.717) is 11.3 Å². The largest absolute Gasteiger partial charge is 0.461 e. The number of aryl methyl sites for hydroxylation is 2. The summed E-state index contributed by atoms with van der Waals surface area (Å²) in [5.74, 6) is 0.286. The van der Waals surface area contributed by atoms with Gasteiger partial charge in [0.25, 0.3) is 0 Å². The predicted octanol–water partition coefficient (Wildman–Crippen LogP) is 2.52. The zero-order valence-electron chi connectivity index (χ0n) is 8.65. The van der Waals surface area contributed by atoms with Crippen LogP contribution >= 0.6 is 0 Å². The number of ketones is 1. The second-order valence-electron chi connectivity index (χ2n) is 3.45. The highest BCUT2D eigenvalue weighted by Crippen LogP contribution is 2.16. The van der Waals surface area contributed by atoms with Gasteiger partial charge in [-0.15, -0.1) is 0 Å². The van der Waals surface area contributed by atoms with Gasteiger partial charge in [-0.1, -0.05) is 0 Å². The van der Waals surface area contributed by atoms with Crippen molar-refractivity contribution in [1.29, 1.82) is 0 Å². The van der Waals surface area contributed by atoms with Gasteiger partial charge in [0.1, 0.15) is 0 Å². The number of furan rings is 1. The molecular formula is C12H11NO2. The van der Waals surface area contributed by atoms with Gasteiger partial charge in [0.2, 0.25) is 5.78 Å². The van der Waals surface area contributed by atoms with Crippen molar-refractivity contribution in [3.63, 3.8) is 0 Å². The van der Waals surface area contributed by atoms with Crippen LogP contribution in [0.4, 0.5) is 0 Å². The Morgan fingerprint density at radius 1 is 1.27 bits per heavy atom. The highest BCUT2D eigenvalue weighted by atomic mass is 16.3. The summed E-state index contributed by atoms with van der Waals surface area (Å²) in [5, 5.41) is 0. The fourth-order valence-electron chi connectivity index (χ4n) is 1.43. The van der Waals surface area contributed by atoms with Gasteiger partial charge in [-0.05, 0) is 37.1 Å². The molecule has 3 nitrogen and oxygen atoms in total. The molecule has 2 heterocycles. The van der Waals surface area contributed by atoms with Gasteiger partial charge in [-0.25, -0.2) is 0 Å². The Balaban J connectivity index is 2.46. The van der Waals surface area contributed by atoms with E-state index in [4.69, 9.17) is 4.42 Å². The molecule has 0 aliphatic heterocycles. The lowest BCUT2D eigenvalue weighted by Gasteiger charge is -2.01. The fourth-order valence-corrected chi connectivity index (χ4v) is 1.43. The molecule has 0 amide bonds. The van der Waals surface area contributed by atoms with Crippen LogP contribution in [0.5, 0.6) is 0 Å². The first-order chi connectivity index (χ1) is 7.20. The van der Waals surface area contributed by atoms with E-state index >= 15 is 0 Å². The normalized spacial score (nSPS) is 10.3. The molecule has 0 saturated heterocycles. The van der Waals surface area contributed by atoms with Gasteiger partial charge in [-0.3, -0.25) is 9.78 Å². The van der Waals surface area contributed by atoms with Gasteiger partial charge in [0, 0.05) is 18.0 Å². The van der Waals surface area contributed by atoms with E-state index in [1.54, 1.807) is 18.5 Å². The Morgan fingerprint density at radius 3 is 2.67 bits per heavy atom. The lowest BCUT2D eigenvalue weighted by Crippen LogP contribution is -2.04. The summed E-state index contributed by atoms with van der Waals surface area (Å²) in [6, 6.07) is 3.59. The SMILES string of the molecule is Cc1ccncc1C(=O)c1occc1C. The van der Waals surface area contributed by atoms with Crippen LogP contribution in [-0.4, -0.2) is 10.8 Å². The molecule has 0 atom stereocenters. The maximum absolute atomic E-state index is 12.0. The molecule has 15 heavy (non-hydrogen) atoms. The van der Waals surface area contributed by atoms with Crippen LogP contribution in [-0.2, 0) is 0 Å². The summed E-state index contributed by atoms with van der Waals surface area (Å²) < 4.78 is 5.16. The van der Waals surface area contributed by atoms with E-state index in [2.05, 4.69) is 4.98 Å². The number of hydrogen-bond donors (Lipinski definition) is 0. The Labute approximate surface area is 87.8 Å². The smallest absolute Gasteiger partial charge is 0.230 e. The van der Waals surface area contributed by atoms with E-state index in [1.807, 2.05) is 19.9 Å². The maximum Gasteiger partial charge on any atom is 0.230 e. The lowest BCUT2D eigenvalue weighted by molar-refractivity contribution is 0.101. The first kappa shape index (κ1) is 9.65. The highest BCUT2D eigenvalue weighted by Gasteiger charge is 2.16. The van der Waals surface area contributed by atoms with E-state index in [9.17, 15) is 4.79 Å². The molecule has 76 valence electrons. The third-order valence-corrected chi connectivity index (χ3v) is 2.35. The number of carbonyl (C=O) groups is 1. The summed E-state index contributed by atoms with van der Waals surface area (Å²) in [5.41, 5.74) is 2.35. The average molecular weight is 201 g/mol. The van der Waals surface area contributed by atoms with Crippen LogP contribution < -0.4 is 0 Å². The van der Waals surface area contributed by atoms with Crippen LogP contribution in [0.2, 0.25) is 0 Å². The molecule has 0 aliphatic rings. The summed E-state index contributed by atoms with van der Waals surface area (Å²) in [4.78, 5) is 16.0. The molecule has 0 spiro atoms. The number of aromatic nitrogens is 1.